The Morgan fingerprint density at radius 1 is 1.57 bits per heavy atom. The van der Waals surface area contributed by atoms with Crippen LogP contribution in [0.5, 0.6) is 0 Å². The summed E-state index contributed by atoms with van der Waals surface area (Å²) >= 11 is 0. The molecule has 1 rings (SSSR count). The molecule has 80 valence electrons. The Balaban J connectivity index is 2.52. The van der Waals surface area contributed by atoms with E-state index in [1.807, 2.05) is 0 Å². The molecule has 7 heteroatoms. The van der Waals surface area contributed by atoms with Crippen LogP contribution in [-0.4, -0.2) is 55.2 Å². The minimum Gasteiger partial charge on any atom is -0.346 e. The van der Waals surface area contributed by atoms with E-state index in [-0.39, 0.29) is 6.61 Å². The molecule has 1 heterocycles. The molecule has 0 spiro atoms. The van der Waals surface area contributed by atoms with Crippen molar-refractivity contribution >= 4 is 11.9 Å². The monoisotopic (exact) mass is 204 g/mol. The number of imide groups is 1. The Bertz CT molecular complexity index is 244. The lowest BCUT2D eigenvalue weighted by molar-refractivity contribution is -0.206. The summed E-state index contributed by atoms with van der Waals surface area (Å²) in [6.45, 7) is -1.44. The average Bonchev–Trinajstić information content (AvgIpc) is 2.61. The molecular weight excluding hydrogens is 192 g/mol. The second-order valence-electron chi connectivity index (χ2n) is 2.72. The predicted molar refractivity (Wildman–Crippen MR) is 44.1 cm³/mol. The van der Waals surface area contributed by atoms with Gasteiger partial charge in [0.2, 0.25) is 0 Å². The number of hydrogen-bond donors (Lipinski definition) is 2. The highest BCUT2D eigenvalue weighted by atomic mass is 16.8. The third-order valence-corrected chi connectivity index (χ3v) is 1.80. The molecule has 0 saturated carbocycles. The van der Waals surface area contributed by atoms with Gasteiger partial charge in [-0.05, 0) is 0 Å². The van der Waals surface area contributed by atoms with E-state index in [0.29, 0.717) is 0 Å². The lowest BCUT2D eigenvalue weighted by atomic mass is 10.3. The molecule has 1 fully saturated rings. The van der Waals surface area contributed by atoms with Gasteiger partial charge < -0.3 is 19.9 Å². The SMILES string of the molecule is CNC(=O)N(C)C(=O)C1COC(O)O1. The fraction of sp³-hybridized carbons (Fsp3) is 0.714. The molecule has 0 aromatic heterocycles. The van der Waals surface area contributed by atoms with Crippen LogP contribution in [-0.2, 0) is 14.3 Å². The van der Waals surface area contributed by atoms with E-state index in [1.54, 1.807) is 0 Å². The van der Waals surface area contributed by atoms with E-state index in [1.165, 1.54) is 14.1 Å². The zero-order valence-corrected chi connectivity index (χ0v) is 7.89. The summed E-state index contributed by atoms with van der Waals surface area (Å²) < 4.78 is 9.31. The van der Waals surface area contributed by atoms with Crippen LogP contribution < -0.4 is 5.32 Å². The number of likely N-dealkylation sites (N-methyl/N-ethyl adjacent to an activating group) is 1. The lowest BCUT2D eigenvalue weighted by Gasteiger charge is -2.17. The Morgan fingerprint density at radius 3 is 2.64 bits per heavy atom. The third kappa shape index (κ3) is 2.19. The number of rotatable bonds is 1. The molecule has 0 aromatic carbocycles. The van der Waals surface area contributed by atoms with Crippen LogP contribution in [0, 0.1) is 0 Å². The molecule has 1 aliphatic rings. The van der Waals surface area contributed by atoms with Gasteiger partial charge in [0.05, 0.1) is 6.61 Å². The minimum atomic E-state index is -1.39. The molecule has 2 unspecified atom stereocenters. The van der Waals surface area contributed by atoms with E-state index < -0.39 is 24.5 Å². The van der Waals surface area contributed by atoms with E-state index in [4.69, 9.17) is 9.84 Å². The standard InChI is InChI=1S/C7H12N2O5/c1-8-6(11)9(2)5(10)4-3-13-7(12)14-4/h4,7,12H,3H2,1-2H3,(H,8,11). The van der Waals surface area contributed by atoms with Crippen molar-refractivity contribution in [1.29, 1.82) is 0 Å². The first-order valence-corrected chi connectivity index (χ1v) is 4.00. The largest absolute Gasteiger partial charge is 0.346 e. The van der Waals surface area contributed by atoms with Gasteiger partial charge in [0, 0.05) is 14.1 Å². The maximum absolute atomic E-state index is 11.4. The van der Waals surface area contributed by atoms with Gasteiger partial charge in [-0.2, -0.15) is 0 Å². The summed E-state index contributed by atoms with van der Waals surface area (Å²) in [5.41, 5.74) is 0. The molecule has 0 aromatic rings. The first kappa shape index (κ1) is 10.9. The van der Waals surface area contributed by atoms with Crippen molar-refractivity contribution in [3.05, 3.63) is 0 Å². The van der Waals surface area contributed by atoms with Gasteiger partial charge in [-0.25, -0.2) is 4.79 Å². The zero-order valence-electron chi connectivity index (χ0n) is 7.89. The third-order valence-electron chi connectivity index (χ3n) is 1.80. The van der Waals surface area contributed by atoms with E-state index in [2.05, 4.69) is 10.1 Å². The molecule has 2 atom stereocenters. The highest BCUT2D eigenvalue weighted by Gasteiger charge is 2.34. The van der Waals surface area contributed by atoms with Gasteiger partial charge in [0.1, 0.15) is 0 Å². The fourth-order valence-corrected chi connectivity index (χ4v) is 1.00. The zero-order chi connectivity index (χ0) is 10.7. The number of hydrogen-bond acceptors (Lipinski definition) is 5. The summed E-state index contributed by atoms with van der Waals surface area (Å²) in [4.78, 5) is 23.3. The van der Waals surface area contributed by atoms with Crippen LogP contribution in [0.4, 0.5) is 4.79 Å². The first-order chi connectivity index (χ1) is 6.56. The molecule has 3 amide bonds. The molecule has 1 saturated heterocycles. The molecule has 14 heavy (non-hydrogen) atoms. The van der Waals surface area contributed by atoms with Gasteiger partial charge in [-0.15, -0.1) is 0 Å². The van der Waals surface area contributed by atoms with Crippen LogP contribution >= 0.6 is 0 Å². The predicted octanol–water partition coefficient (Wildman–Crippen LogP) is -1.52. The Morgan fingerprint density at radius 2 is 2.21 bits per heavy atom. The molecule has 7 nitrogen and oxygen atoms in total. The number of urea groups is 1. The molecular formula is C7H12N2O5. The number of carbonyl (C=O) groups is 2. The van der Waals surface area contributed by atoms with Gasteiger partial charge in [-0.3, -0.25) is 9.69 Å². The minimum absolute atomic E-state index is 0.0542. The summed E-state index contributed by atoms with van der Waals surface area (Å²) in [7, 11) is 2.72. The Labute approximate surface area is 80.6 Å². The maximum Gasteiger partial charge on any atom is 0.323 e. The molecule has 2 N–H and O–H groups in total. The molecule has 0 bridgehead atoms. The van der Waals surface area contributed by atoms with Crippen molar-refractivity contribution in [1.82, 2.24) is 10.2 Å². The number of aliphatic hydroxyl groups is 1. The van der Waals surface area contributed by atoms with Crippen molar-refractivity contribution in [2.75, 3.05) is 20.7 Å². The number of aliphatic hydroxyl groups excluding tert-OH is 1. The van der Waals surface area contributed by atoms with E-state index in [9.17, 15) is 9.59 Å². The van der Waals surface area contributed by atoms with Crippen molar-refractivity contribution in [2.24, 2.45) is 0 Å². The van der Waals surface area contributed by atoms with Crippen LogP contribution in [0.3, 0.4) is 0 Å². The maximum atomic E-state index is 11.4. The second-order valence-corrected chi connectivity index (χ2v) is 2.72. The topological polar surface area (TPSA) is 88.1 Å². The summed E-state index contributed by atoms with van der Waals surface area (Å²) in [6, 6.07) is -0.542. The number of nitrogens with one attached hydrogen (secondary N) is 1. The number of ether oxygens (including phenoxy) is 2. The van der Waals surface area contributed by atoms with Crippen LogP contribution in [0.1, 0.15) is 0 Å². The van der Waals surface area contributed by atoms with E-state index >= 15 is 0 Å². The Hall–Kier alpha value is -1.18. The molecule has 1 aliphatic heterocycles. The van der Waals surface area contributed by atoms with Crippen molar-refractivity contribution in [2.45, 2.75) is 12.6 Å². The van der Waals surface area contributed by atoms with Crippen LogP contribution in [0.15, 0.2) is 0 Å². The van der Waals surface area contributed by atoms with Crippen LogP contribution in [0.2, 0.25) is 0 Å². The summed E-state index contributed by atoms with van der Waals surface area (Å²) in [5.74, 6) is -0.555. The molecule has 0 aliphatic carbocycles. The second kappa shape index (κ2) is 4.36. The number of amides is 3. The van der Waals surface area contributed by atoms with E-state index in [0.717, 1.165) is 4.90 Å². The van der Waals surface area contributed by atoms with Crippen LogP contribution in [0.25, 0.3) is 0 Å². The highest BCUT2D eigenvalue weighted by Crippen LogP contribution is 2.11. The van der Waals surface area contributed by atoms with Gasteiger partial charge in [-0.1, -0.05) is 0 Å². The van der Waals surface area contributed by atoms with Gasteiger partial charge in [0.25, 0.3) is 12.4 Å². The quantitative estimate of drug-likeness (QED) is 0.541. The lowest BCUT2D eigenvalue weighted by Crippen LogP contribution is -2.45. The fourth-order valence-electron chi connectivity index (χ4n) is 1.00. The van der Waals surface area contributed by atoms with Crippen molar-refractivity contribution < 1.29 is 24.2 Å². The molecule has 0 radical (unpaired) electrons. The summed E-state index contributed by atoms with van der Waals surface area (Å²) in [6.07, 6.45) is -0.924. The summed E-state index contributed by atoms with van der Waals surface area (Å²) in [5, 5.41) is 11.1. The Kier molecular flexibility index (Phi) is 3.39. The number of nitrogens with zero attached hydrogens (tertiary/aromatic N) is 1. The van der Waals surface area contributed by atoms with Gasteiger partial charge in [0.15, 0.2) is 6.10 Å². The van der Waals surface area contributed by atoms with Crippen molar-refractivity contribution in [3.8, 4) is 0 Å². The smallest absolute Gasteiger partial charge is 0.323 e. The highest BCUT2D eigenvalue weighted by molar-refractivity contribution is 5.96. The van der Waals surface area contributed by atoms with Gasteiger partial charge >= 0.3 is 6.03 Å². The first-order valence-electron chi connectivity index (χ1n) is 4.00. The average molecular weight is 204 g/mol. The normalized spacial score (nSPS) is 25.9. The van der Waals surface area contributed by atoms with Crippen molar-refractivity contribution in [3.63, 3.8) is 0 Å². The number of carbonyl (C=O) groups excluding carboxylic acids is 2.